The highest BCUT2D eigenvalue weighted by atomic mass is 16.3. The molecule has 0 saturated carbocycles. The lowest BCUT2D eigenvalue weighted by Crippen LogP contribution is -2.23. The van der Waals surface area contributed by atoms with Crippen LogP contribution in [0.4, 0.5) is 0 Å². The molecule has 3 rings (SSSR count). The summed E-state index contributed by atoms with van der Waals surface area (Å²) >= 11 is 0. The van der Waals surface area contributed by atoms with Crippen LogP contribution in [0.25, 0.3) is 16.5 Å². The predicted molar refractivity (Wildman–Crippen MR) is 65.7 cm³/mol. The fraction of sp³-hybridized carbons (Fsp3) is 0.143. The van der Waals surface area contributed by atoms with E-state index in [1.807, 2.05) is 31.2 Å². The van der Waals surface area contributed by atoms with Gasteiger partial charge < -0.3 is 5.11 Å². The molecule has 1 aliphatic rings. The quantitative estimate of drug-likeness (QED) is 0.747. The summed E-state index contributed by atoms with van der Waals surface area (Å²) in [7, 11) is 0. The molecule has 1 unspecified atom stereocenters. The van der Waals surface area contributed by atoms with Gasteiger partial charge in [-0.2, -0.15) is 0 Å². The van der Waals surface area contributed by atoms with E-state index in [1.165, 1.54) is 0 Å². The van der Waals surface area contributed by atoms with Crippen molar-refractivity contribution in [2.24, 2.45) is 0 Å². The highest BCUT2D eigenvalue weighted by Gasteiger charge is 2.25. The molecule has 0 fully saturated rings. The number of ketones is 1. The monoisotopic (exact) mass is 225 g/mol. The number of fused-ring (bicyclic) bond motifs is 2. The van der Waals surface area contributed by atoms with Crippen LogP contribution in [0, 0.1) is 0 Å². The molecule has 1 aliphatic carbocycles. The van der Waals surface area contributed by atoms with Crippen LogP contribution in [0.1, 0.15) is 23.0 Å². The van der Waals surface area contributed by atoms with Gasteiger partial charge in [-0.15, -0.1) is 0 Å². The molecular weight excluding hydrogens is 214 g/mol. The number of Topliss-reactive ketones (excluding diaryl/α,β-unsaturated/α-hetero) is 1. The normalized spacial score (nSPS) is 19.1. The summed E-state index contributed by atoms with van der Waals surface area (Å²) < 4.78 is 0. The number of hydrogen-bond donors (Lipinski definition) is 1. The van der Waals surface area contributed by atoms with Crippen LogP contribution < -0.4 is 0 Å². The van der Waals surface area contributed by atoms with Gasteiger partial charge in [-0.25, -0.2) is 4.98 Å². The van der Waals surface area contributed by atoms with E-state index >= 15 is 0 Å². The summed E-state index contributed by atoms with van der Waals surface area (Å²) in [6.45, 7) is 1.86. The second kappa shape index (κ2) is 3.50. The van der Waals surface area contributed by atoms with E-state index in [1.54, 1.807) is 12.1 Å². The maximum atomic E-state index is 11.9. The van der Waals surface area contributed by atoms with Gasteiger partial charge in [0.2, 0.25) is 0 Å². The summed E-state index contributed by atoms with van der Waals surface area (Å²) in [6.07, 6.45) is 0.511. The molecule has 0 radical (unpaired) electrons. The molecule has 1 aromatic heterocycles. The highest BCUT2D eigenvalue weighted by molar-refractivity contribution is 6.08. The molecule has 0 saturated heterocycles. The van der Waals surface area contributed by atoms with Crippen LogP contribution in [-0.4, -0.2) is 22.0 Å². The van der Waals surface area contributed by atoms with Crippen LogP contribution in [0.5, 0.6) is 0 Å². The lowest BCUT2D eigenvalue weighted by molar-refractivity contribution is 0.0817. The van der Waals surface area contributed by atoms with Crippen molar-refractivity contribution >= 4 is 22.3 Å². The third kappa shape index (κ3) is 1.47. The molecule has 1 heterocycles. The zero-order chi connectivity index (χ0) is 12.0. The van der Waals surface area contributed by atoms with E-state index in [0.717, 1.165) is 16.5 Å². The van der Waals surface area contributed by atoms with Gasteiger partial charge in [-0.1, -0.05) is 18.2 Å². The number of aliphatic hydroxyl groups excluding tert-OH is 1. The van der Waals surface area contributed by atoms with Crippen LogP contribution >= 0.6 is 0 Å². The zero-order valence-corrected chi connectivity index (χ0v) is 9.34. The number of aliphatic hydroxyl groups is 1. The SMILES string of the molecule is CC1=CC(O)C(=O)c2cc3ccccc3nc21. The molecule has 2 aromatic rings. The third-order valence-electron chi connectivity index (χ3n) is 3.04. The molecule has 84 valence electrons. The maximum Gasteiger partial charge on any atom is 0.197 e. The second-order valence-corrected chi connectivity index (χ2v) is 4.24. The fourth-order valence-corrected chi connectivity index (χ4v) is 2.16. The molecule has 1 N–H and O–H groups in total. The first-order chi connectivity index (χ1) is 8.16. The number of hydrogen-bond acceptors (Lipinski definition) is 3. The standard InChI is InChI=1S/C14H11NO2/c1-8-6-12(16)14(17)10-7-9-4-2-3-5-11(9)15-13(8)10/h2-7,12,16H,1H3. The third-order valence-corrected chi connectivity index (χ3v) is 3.04. The van der Waals surface area contributed by atoms with Crippen LogP contribution in [0.15, 0.2) is 36.4 Å². The van der Waals surface area contributed by atoms with E-state index in [-0.39, 0.29) is 5.78 Å². The summed E-state index contributed by atoms with van der Waals surface area (Å²) in [5, 5.41) is 10.5. The topological polar surface area (TPSA) is 50.2 Å². The highest BCUT2D eigenvalue weighted by Crippen LogP contribution is 2.27. The van der Waals surface area contributed by atoms with Crippen molar-refractivity contribution in [1.29, 1.82) is 0 Å². The van der Waals surface area contributed by atoms with Crippen molar-refractivity contribution in [3.05, 3.63) is 47.7 Å². The van der Waals surface area contributed by atoms with Crippen molar-refractivity contribution < 1.29 is 9.90 Å². The number of benzene rings is 1. The molecule has 3 heteroatoms. The number of carbonyl (C=O) groups excluding carboxylic acids is 1. The molecule has 3 nitrogen and oxygen atoms in total. The predicted octanol–water partition coefficient (Wildman–Crippen LogP) is 2.20. The van der Waals surface area contributed by atoms with Crippen LogP contribution in [-0.2, 0) is 0 Å². The molecule has 17 heavy (non-hydrogen) atoms. The first-order valence-corrected chi connectivity index (χ1v) is 5.47. The molecule has 0 amide bonds. The summed E-state index contributed by atoms with van der Waals surface area (Å²) in [6, 6.07) is 9.46. The minimum absolute atomic E-state index is 0.274. The van der Waals surface area contributed by atoms with E-state index in [2.05, 4.69) is 4.98 Å². The Morgan fingerprint density at radius 1 is 1.29 bits per heavy atom. The van der Waals surface area contributed by atoms with Crippen molar-refractivity contribution in [3.63, 3.8) is 0 Å². The Morgan fingerprint density at radius 2 is 2.06 bits per heavy atom. The van der Waals surface area contributed by atoms with Gasteiger partial charge in [0, 0.05) is 10.9 Å². The average Bonchev–Trinajstić information content (AvgIpc) is 2.34. The summed E-state index contributed by atoms with van der Waals surface area (Å²) in [5.74, 6) is -0.274. The molecule has 1 aromatic carbocycles. The minimum atomic E-state index is -1.04. The summed E-state index contributed by atoms with van der Waals surface area (Å²) in [4.78, 5) is 16.4. The maximum absolute atomic E-state index is 11.9. The summed E-state index contributed by atoms with van der Waals surface area (Å²) in [5.41, 5.74) is 2.90. The first kappa shape index (κ1) is 10.2. The Labute approximate surface area is 98.4 Å². The Kier molecular flexibility index (Phi) is 2.09. The Bertz CT molecular complexity index is 658. The number of rotatable bonds is 0. The van der Waals surface area contributed by atoms with Gasteiger partial charge >= 0.3 is 0 Å². The first-order valence-electron chi connectivity index (χ1n) is 5.47. The van der Waals surface area contributed by atoms with Crippen LogP contribution in [0.2, 0.25) is 0 Å². The second-order valence-electron chi connectivity index (χ2n) is 4.24. The molecular formula is C14H11NO2. The Hall–Kier alpha value is -2.00. The van der Waals surface area contributed by atoms with E-state index < -0.39 is 6.10 Å². The number of nitrogens with zero attached hydrogens (tertiary/aromatic N) is 1. The van der Waals surface area contributed by atoms with Gasteiger partial charge in [0.15, 0.2) is 5.78 Å². The van der Waals surface area contributed by atoms with Crippen molar-refractivity contribution in [2.75, 3.05) is 0 Å². The van der Waals surface area contributed by atoms with Gasteiger partial charge in [-0.3, -0.25) is 4.79 Å². The van der Waals surface area contributed by atoms with Crippen molar-refractivity contribution in [2.45, 2.75) is 13.0 Å². The zero-order valence-electron chi connectivity index (χ0n) is 9.34. The average molecular weight is 225 g/mol. The van der Waals surface area contributed by atoms with Gasteiger partial charge in [-0.05, 0) is 30.7 Å². The van der Waals surface area contributed by atoms with E-state index in [4.69, 9.17) is 0 Å². The van der Waals surface area contributed by atoms with E-state index in [9.17, 15) is 9.90 Å². The lowest BCUT2D eigenvalue weighted by Gasteiger charge is -2.17. The number of aromatic nitrogens is 1. The molecule has 1 atom stereocenters. The van der Waals surface area contributed by atoms with Gasteiger partial charge in [0.25, 0.3) is 0 Å². The minimum Gasteiger partial charge on any atom is -0.381 e. The molecule has 0 spiro atoms. The van der Waals surface area contributed by atoms with Crippen LogP contribution in [0.3, 0.4) is 0 Å². The lowest BCUT2D eigenvalue weighted by atomic mass is 9.92. The van der Waals surface area contributed by atoms with Gasteiger partial charge in [0.05, 0.1) is 11.2 Å². The Balaban J connectivity index is 2.36. The fourth-order valence-electron chi connectivity index (χ4n) is 2.16. The van der Waals surface area contributed by atoms with Crippen molar-refractivity contribution in [3.8, 4) is 0 Å². The molecule has 0 aliphatic heterocycles. The smallest absolute Gasteiger partial charge is 0.197 e. The number of pyridine rings is 1. The Morgan fingerprint density at radius 3 is 2.88 bits per heavy atom. The number of para-hydroxylation sites is 1. The van der Waals surface area contributed by atoms with E-state index in [0.29, 0.717) is 11.3 Å². The molecule has 0 bridgehead atoms. The van der Waals surface area contributed by atoms with Crippen molar-refractivity contribution in [1.82, 2.24) is 4.98 Å². The van der Waals surface area contributed by atoms with Gasteiger partial charge in [0.1, 0.15) is 6.10 Å². The largest absolute Gasteiger partial charge is 0.381 e. The number of allylic oxidation sites excluding steroid dienone is 1. The number of carbonyl (C=O) groups is 1.